The van der Waals surface area contributed by atoms with Crippen LogP contribution in [0, 0.1) is 0 Å². The lowest BCUT2D eigenvalue weighted by Gasteiger charge is -2.21. The van der Waals surface area contributed by atoms with Gasteiger partial charge in [-0.3, -0.25) is 19.3 Å². The first kappa shape index (κ1) is 16.4. The lowest BCUT2D eigenvalue weighted by atomic mass is 10.2. The number of rotatable bonds is 5. The minimum absolute atomic E-state index is 0.0170. The lowest BCUT2D eigenvalue weighted by molar-refractivity contribution is -0.137. The van der Waals surface area contributed by atoms with Crippen LogP contribution < -0.4 is 19.7 Å². The Hall–Kier alpha value is -3.07. The number of hydrogen-bond donors (Lipinski definition) is 2. The smallest absolute Gasteiger partial charge is 0.277 e. The number of aliphatic hydroxyl groups excluding tert-OH is 1. The van der Waals surface area contributed by atoms with Crippen LogP contribution in [-0.4, -0.2) is 54.2 Å². The summed E-state index contributed by atoms with van der Waals surface area (Å²) in [6.07, 6.45) is 2.38. The van der Waals surface area contributed by atoms with Gasteiger partial charge in [0.1, 0.15) is 5.70 Å². The summed E-state index contributed by atoms with van der Waals surface area (Å²) in [7, 11) is 0. The molecule has 26 heavy (non-hydrogen) atoms. The van der Waals surface area contributed by atoms with E-state index < -0.39 is 11.8 Å². The summed E-state index contributed by atoms with van der Waals surface area (Å²) in [6.45, 7) is 0.264. The van der Waals surface area contributed by atoms with Crippen LogP contribution in [0.3, 0.4) is 0 Å². The zero-order valence-electron chi connectivity index (χ0n) is 13.9. The summed E-state index contributed by atoms with van der Waals surface area (Å²) >= 11 is 0. The molecule has 3 heterocycles. The standard InChI is InChI=1S/C17H17N3O6/c21-5-4-20-16(23)7-11(17(20)24)18-10-6-13-14(26-9-25-13)8-12(10)19-3-1-2-15(19)22/h6-8,18,21H,1-5,9H2. The number of β-amino-alcohol motifs (C(OH)–C–C–N with tert-alkyl or cyclic N) is 1. The first-order chi connectivity index (χ1) is 12.6. The van der Waals surface area contributed by atoms with Crippen LogP contribution in [0.15, 0.2) is 23.9 Å². The van der Waals surface area contributed by atoms with Crippen molar-refractivity contribution in [3.8, 4) is 11.5 Å². The Morgan fingerprint density at radius 1 is 1.15 bits per heavy atom. The summed E-state index contributed by atoms with van der Waals surface area (Å²) in [5.41, 5.74) is 1.12. The molecular weight excluding hydrogens is 342 g/mol. The molecule has 3 aliphatic rings. The highest BCUT2D eigenvalue weighted by molar-refractivity contribution is 6.17. The van der Waals surface area contributed by atoms with E-state index >= 15 is 0 Å². The summed E-state index contributed by atoms with van der Waals surface area (Å²) in [5, 5.41) is 11.9. The van der Waals surface area contributed by atoms with E-state index in [2.05, 4.69) is 5.32 Å². The van der Waals surface area contributed by atoms with E-state index in [1.54, 1.807) is 17.0 Å². The number of nitrogens with one attached hydrogen (secondary N) is 1. The topological polar surface area (TPSA) is 108 Å². The molecule has 0 aromatic heterocycles. The molecule has 0 bridgehead atoms. The zero-order valence-corrected chi connectivity index (χ0v) is 13.9. The molecule has 1 aromatic carbocycles. The Kier molecular flexibility index (Phi) is 4.00. The van der Waals surface area contributed by atoms with Gasteiger partial charge in [0.05, 0.1) is 24.5 Å². The zero-order chi connectivity index (χ0) is 18.3. The van der Waals surface area contributed by atoms with Crippen LogP contribution >= 0.6 is 0 Å². The van der Waals surface area contributed by atoms with Gasteiger partial charge in [-0.1, -0.05) is 0 Å². The third-order valence-corrected chi connectivity index (χ3v) is 4.46. The van der Waals surface area contributed by atoms with Gasteiger partial charge in [-0.15, -0.1) is 0 Å². The van der Waals surface area contributed by atoms with Gasteiger partial charge >= 0.3 is 0 Å². The summed E-state index contributed by atoms with van der Waals surface area (Å²) < 4.78 is 10.8. The molecule has 0 aliphatic carbocycles. The minimum atomic E-state index is -0.527. The number of aliphatic hydroxyl groups is 1. The van der Waals surface area contributed by atoms with Crippen molar-refractivity contribution in [2.75, 3.05) is 36.7 Å². The Labute approximate surface area is 148 Å². The highest BCUT2D eigenvalue weighted by atomic mass is 16.7. The number of ether oxygens (including phenoxy) is 2. The van der Waals surface area contributed by atoms with Gasteiger partial charge in [0, 0.05) is 31.2 Å². The maximum atomic E-state index is 12.4. The highest BCUT2D eigenvalue weighted by Gasteiger charge is 2.33. The van der Waals surface area contributed by atoms with Crippen molar-refractivity contribution in [2.24, 2.45) is 0 Å². The fourth-order valence-electron chi connectivity index (χ4n) is 3.21. The molecule has 0 unspecified atom stereocenters. The minimum Gasteiger partial charge on any atom is -0.454 e. The largest absolute Gasteiger partial charge is 0.454 e. The van der Waals surface area contributed by atoms with Crippen molar-refractivity contribution in [3.63, 3.8) is 0 Å². The molecule has 0 radical (unpaired) electrons. The number of anilines is 2. The Morgan fingerprint density at radius 3 is 2.62 bits per heavy atom. The number of fused-ring (bicyclic) bond motifs is 1. The van der Waals surface area contributed by atoms with E-state index in [1.807, 2.05) is 0 Å². The molecule has 1 fully saturated rings. The summed E-state index contributed by atoms with van der Waals surface area (Å²) in [4.78, 5) is 39.0. The highest BCUT2D eigenvalue weighted by Crippen LogP contribution is 2.42. The number of amides is 3. The summed E-state index contributed by atoms with van der Waals surface area (Å²) in [5.74, 6) is -0.0226. The van der Waals surface area contributed by atoms with Crippen molar-refractivity contribution < 1.29 is 29.0 Å². The molecule has 0 saturated carbocycles. The van der Waals surface area contributed by atoms with Gasteiger partial charge in [-0.2, -0.15) is 0 Å². The fraction of sp³-hybridized carbons (Fsp3) is 0.353. The molecule has 9 nitrogen and oxygen atoms in total. The van der Waals surface area contributed by atoms with Crippen LogP contribution in [0.2, 0.25) is 0 Å². The van der Waals surface area contributed by atoms with Gasteiger partial charge in [0.25, 0.3) is 11.8 Å². The van der Waals surface area contributed by atoms with Gasteiger partial charge in [0.15, 0.2) is 11.5 Å². The van der Waals surface area contributed by atoms with Crippen LogP contribution in [0.25, 0.3) is 0 Å². The van der Waals surface area contributed by atoms with Crippen molar-refractivity contribution >= 4 is 29.1 Å². The Balaban J connectivity index is 1.68. The molecule has 1 saturated heterocycles. The van der Waals surface area contributed by atoms with E-state index in [0.29, 0.717) is 35.8 Å². The van der Waals surface area contributed by atoms with Crippen molar-refractivity contribution in [1.29, 1.82) is 0 Å². The second-order valence-electron chi connectivity index (χ2n) is 6.07. The predicted molar refractivity (Wildman–Crippen MR) is 89.7 cm³/mol. The summed E-state index contributed by atoms with van der Waals surface area (Å²) in [6, 6.07) is 3.34. The lowest BCUT2D eigenvalue weighted by Crippen LogP contribution is -2.34. The molecule has 0 atom stereocenters. The predicted octanol–water partition coefficient (Wildman–Crippen LogP) is 0.199. The normalized spacial score (nSPS) is 18.8. The van der Waals surface area contributed by atoms with Gasteiger partial charge in [0.2, 0.25) is 12.7 Å². The van der Waals surface area contributed by atoms with Gasteiger partial charge < -0.3 is 24.8 Å². The SMILES string of the molecule is O=C1C=C(Nc2cc3c(cc2N2CCCC2=O)OCO3)C(=O)N1CCO. The molecule has 1 aromatic rings. The third kappa shape index (κ3) is 2.66. The van der Waals surface area contributed by atoms with Crippen molar-refractivity contribution in [2.45, 2.75) is 12.8 Å². The van der Waals surface area contributed by atoms with Crippen LogP contribution in [0.5, 0.6) is 11.5 Å². The van der Waals surface area contributed by atoms with Crippen LogP contribution in [0.1, 0.15) is 12.8 Å². The average molecular weight is 359 g/mol. The monoisotopic (exact) mass is 359 g/mol. The fourth-order valence-corrected chi connectivity index (χ4v) is 3.21. The van der Waals surface area contributed by atoms with E-state index in [0.717, 1.165) is 11.3 Å². The third-order valence-electron chi connectivity index (χ3n) is 4.46. The number of nitrogens with zero attached hydrogens (tertiary/aromatic N) is 2. The van der Waals surface area contributed by atoms with E-state index in [9.17, 15) is 14.4 Å². The van der Waals surface area contributed by atoms with E-state index in [4.69, 9.17) is 14.6 Å². The van der Waals surface area contributed by atoms with Gasteiger partial charge in [-0.25, -0.2) is 0 Å². The first-order valence-corrected chi connectivity index (χ1v) is 8.28. The Bertz CT molecular complexity index is 834. The number of imide groups is 1. The molecule has 2 N–H and O–H groups in total. The van der Waals surface area contributed by atoms with Crippen molar-refractivity contribution in [3.05, 3.63) is 23.9 Å². The molecule has 3 amide bonds. The second kappa shape index (κ2) is 6.34. The number of benzene rings is 1. The average Bonchev–Trinajstić information content (AvgIpc) is 3.30. The molecular formula is C17H17N3O6. The molecule has 0 spiro atoms. The molecule has 3 aliphatic heterocycles. The van der Waals surface area contributed by atoms with Crippen molar-refractivity contribution in [1.82, 2.24) is 4.90 Å². The number of carbonyl (C=O) groups is 3. The maximum absolute atomic E-state index is 12.4. The number of hydrogen-bond acceptors (Lipinski definition) is 7. The maximum Gasteiger partial charge on any atom is 0.277 e. The van der Waals surface area contributed by atoms with E-state index in [1.165, 1.54) is 6.08 Å². The quantitative estimate of drug-likeness (QED) is 0.723. The Morgan fingerprint density at radius 2 is 1.92 bits per heavy atom. The van der Waals surface area contributed by atoms with Crippen LogP contribution in [0.4, 0.5) is 11.4 Å². The molecule has 4 rings (SSSR count). The second-order valence-corrected chi connectivity index (χ2v) is 6.07. The molecule has 9 heteroatoms. The first-order valence-electron chi connectivity index (χ1n) is 8.28. The molecule has 136 valence electrons. The van der Waals surface area contributed by atoms with Crippen LogP contribution in [-0.2, 0) is 14.4 Å². The number of carbonyl (C=O) groups excluding carboxylic acids is 3. The van der Waals surface area contributed by atoms with Gasteiger partial charge in [-0.05, 0) is 6.42 Å². The van der Waals surface area contributed by atoms with E-state index in [-0.39, 0.29) is 31.5 Å².